The largest absolute Gasteiger partial charge is 0.476 e. The second-order valence-corrected chi connectivity index (χ2v) is 12.6. The van der Waals surface area contributed by atoms with Crippen LogP contribution >= 0.6 is 11.3 Å². The molecule has 5 rings (SSSR count). The molecule has 0 saturated carbocycles. The highest BCUT2D eigenvalue weighted by Crippen LogP contribution is 2.36. The number of amides is 2. The van der Waals surface area contributed by atoms with Crippen molar-refractivity contribution in [3.8, 4) is 16.3 Å². The van der Waals surface area contributed by atoms with Gasteiger partial charge in [-0.1, -0.05) is 38.1 Å². The van der Waals surface area contributed by atoms with E-state index in [1.165, 1.54) is 0 Å². The normalized spacial score (nSPS) is 22.6. The third kappa shape index (κ3) is 6.36. The zero-order valence-corrected chi connectivity index (χ0v) is 25.9. The molecule has 230 valence electrons. The molecule has 3 unspecified atom stereocenters. The Morgan fingerprint density at radius 3 is 2.72 bits per heavy atom. The minimum atomic E-state index is -1.10. The van der Waals surface area contributed by atoms with Crippen LogP contribution in [0.1, 0.15) is 69.4 Å². The first-order chi connectivity index (χ1) is 20.6. The molecule has 1 fully saturated rings. The lowest BCUT2D eigenvalue weighted by Gasteiger charge is -2.31. The molecule has 0 spiro atoms. The van der Waals surface area contributed by atoms with Crippen molar-refractivity contribution in [3.63, 3.8) is 0 Å². The molecule has 12 heteroatoms. The first-order valence-corrected chi connectivity index (χ1v) is 15.7. The zero-order chi connectivity index (χ0) is 30.7. The molecule has 1 saturated heterocycles. The van der Waals surface area contributed by atoms with Crippen LogP contribution in [0, 0.1) is 12.8 Å². The maximum Gasteiger partial charge on any atom is 0.277 e. The van der Waals surface area contributed by atoms with Gasteiger partial charge in [0.1, 0.15) is 17.3 Å². The number of β-amino-alcohol motifs (C(OH)–C–C–N with tert-alkyl or cyclic N) is 1. The Morgan fingerprint density at radius 1 is 1.28 bits per heavy atom. The Hall–Kier alpha value is -3.61. The van der Waals surface area contributed by atoms with Crippen molar-refractivity contribution in [1.29, 1.82) is 0 Å². The summed E-state index contributed by atoms with van der Waals surface area (Å²) < 4.78 is 11.3. The summed E-state index contributed by atoms with van der Waals surface area (Å²) in [4.78, 5) is 38.8. The van der Waals surface area contributed by atoms with Crippen molar-refractivity contribution in [1.82, 2.24) is 20.4 Å². The topological polar surface area (TPSA) is 156 Å². The summed E-state index contributed by atoms with van der Waals surface area (Å²) in [7, 11) is 0. The van der Waals surface area contributed by atoms with Crippen LogP contribution in [0.5, 0.6) is 5.88 Å². The van der Waals surface area contributed by atoms with Crippen LogP contribution in [0.25, 0.3) is 10.4 Å². The number of aliphatic hydroxyl groups excluding tert-OH is 1. The predicted molar refractivity (Wildman–Crippen MR) is 164 cm³/mol. The first-order valence-electron chi connectivity index (χ1n) is 14.8. The van der Waals surface area contributed by atoms with Crippen molar-refractivity contribution in [2.75, 3.05) is 19.7 Å². The minimum absolute atomic E-state index is 0.123. The van der Waals surface area contributed by atoms with Crippen molar-refractivity contribution >= 4 is 29.0 Å². The highest BCUT2D eigenvalue weighted by Gasteiger charge is 2.48. The van der Waals surface area contributed by atoms with Gasteiger partial charge in [0, 0.05) is 19.0 Å². The molecule has 4 atom stereocenters. The van der Waals surface area contributed by atoms with Crippen LogP contribution in [-0.4, -0.2) is 69.6 Å². The molecule has 2 aliphatic rings. The van der Waals surface area contributed by atoms with E-state index in [0.29, 0.717) is 30.6 Å². The quantitative estimate of drug-likeness (QED) is 0.261. The zero-order valence-electron chi connectivity index (χ0n) is 25.1. The van der Waals surface area contributed by atoms with E-state index in [1.807, 2.05) is 50.5 Å². The average molecular weight is 609 g/mol. The number of likely N-dealkylation sites (tertiary alicyclic amines) is 1. The van der Waals surface area contributed by atoms with E-state index in [0.717, 1.165) is 41.0 Å². The predicted octanol–water partition coefficient (Wildman–Crippen LogP) is 3.76. The number of nitrogens with one attached hydrogen (secondary N) is 1. The number of thiazole rings is 1. The lowest BCUT2D eigenvalue weighted by atomic mass is 9.90. The lowest BCUT2D eigenvalue weighted by molar-refractivity contribution is -0.134. The third-order valence-electron chi connectivity index (χ3n) is 8.22. The number of amidine groups is 1. The first kappa shape index (κ1) is 30.8. The lowest BCUT2D eigenvalue weighted by Crippen LogP contribution is -2.51. The van der Waals surface area contributed by atoms with Gasteiger partial charge in [0.15, 0.2) is 5.76 Å². The van der Waals surface area contributed by atoms with E-state index < -0.39 is 23.6 Å². The van der Waals surface area contributed by atoms with Crippen molar-refractivity contribution in [3.05, 3.63) is 52.9 Å². The van der Waals surface area contributed by atoms with E-state index in [2.05, 4.69) is 20.4 Å². The number of rotatable bonds is 12. The second-order valence-electron chi connectivity index (χ2n) is 11.8. The summed E-state index contributed by atoms with van der Waals surface area (Å²) in [6, 6.07) is 8.87. The molecule has 0 radical (unpaired) electrons. The van der Waals surface area contributed by atoms with E-state index in [4.69, 9.17) is 15.0 Å². The van der Waals surface area contributed by atoms with Gasteiger partial charge in [0.25, 0.3) is 11.8 Å². The van der Waals surface area contributed by atoms with Crippen LogP contribution in [0.4, 0.5) is 0 Å². The van der Waals surface area contributed by atoms with Crippen LogP contribution in [-0.2, 0) is 15.1 Å². The van der Waals surface area contributed by atoms with Crippen LogP contribution < -0.4 is 15.8 Å². The fraction of sp³-hybridized carbons (Fsp3) is 0.516. The highest BCUT2D eigenvalue weighted by molar-refractivity contribution is 7.13. The number of aliphatic hydroxyl groups is 1. The number of benzene rings is 1. The maximum atomic E-state index is 14.0. The van der Waals surface area contributed by atoms with Gasteiger partial charge in [-0.15, -0.1) is 11.3 Å². The fourth-order valence-electron chi connectivity index (χ4n) is 5.76. The van der Waals surface area contributed by atoms with E-state index >= 15 is 0 Å². The number of carbonyl (C=O) groups excluding carboxylic acids is 2. The summed E-state index contributed by atoms with van der Waals surface area (Å²) in [5, 5.41) is 18.0. The summed E-state index contributed by atoms with van der Waals surface area (Å²) >= 11 is 1.57. The summed E-state index contributed by atoms with van der Waals surface area (Å²) in [6.45, 7) is 8.89. The van der Waals surface area contributed by atoms with Gasteiger partial charge < -0.3 is 30.3 Å². The standard InChI is InChI=1S/C31H40N6O5S/c1-18(2)26(24-15-25(36-42-24)41-13-7-5-6-12-32)29(39)37-16-22(38)14-23(37)28-34-30(40)31(4,35-28)21-10-8-20(9-11-21)27-19(3)33-17-43-27/h8-11,15,17-18,22-23,26,38H,5-7,12-14,16,32H2,1-4H3,(H,34,35,40)/t22-,23?,26?,31?/m1/s1. The van der Waals surface area contributed by atoms with Crippen LogP contribution in [0.15, 0.2) is 45.4 Å². The molecule has 0 aliphatic carbocycles. The van der Waals surface area contributed by atoms with Gasteiger partial charge in [-0.2, -0.15) is 4.99 Å². The monoisotopic (exact) mass is 608 g/mol. The van der Waals surface area contributed by atoms with Gasteiger partial charge in [-0.3, -0.25) is 9.59 Å². The number of hydrogen-bond acceptors (Lipinski definition) is 10. The van der Waals surface area contributed by atoms with Gasteiger partial charge in [0.2, 0.25) is 5.91 Å². The number of aryl methyl sites for hydroxylation is 1. The van der Waals surface area contributed by atoms with Gasteiger partial charge in [-0.05, 0) is 61.9 Å². The molecule has 4 N–H and O–H groups in total. The molecule has 11 nitrogen and oxygen atoms in total. The molecule has 1 aromatic carbocycles. The Morgan fingerprint density at radius 2 is 2.05 bits per heavy atom. The van der Waals surface area contributed by atoms with Gasteiger partial charge in [-0.25, -0.2) is 4.98 Å². The Kier molecular flexibility index (Phi) is 9.28. The smallest absolute Gasteiger partial charge is 0.277 e. The van der Waals surface area contributed by atoms with Gasteiger partial charge in [0.05, 0.1) is 34.8 Å². The average Bonchev–Trinajstić information content (AvgIpc) is 3.76. The molecular weight excluding hydrogens is 568 g/mol. The maximum absolute atomic E-state index is 14.0. The molecule has 4 heterocycles. The molecular formula is C31H40N6O5S. The van der Waals surface area contributed by atoms with E-state index in [1.54, 1.807) is 29.2 Å². The third-order valence-corrected chi connectivity index (χ3v) is 9.20. The van der Waals surface area contributed by atoms with Crippen molar-refractivity contribution in [2.45, 2.75) is 77.0 Å². The summed E-state index contributed by atoms with van der Waals surface area (Å²) in [5.74, 6) is -0.237. The van der Waals surface area contributed by atoms with Crippen molar-refractivity contribution < 1.29 is 24.0 Å². The van der Waals surface area contributed by atoms with Gasteiger partial charge >= 0.3 is 0 Å². The second kappa shape index (κ2) is 12.9. The molecule has 2 amide bonds. The number of aromatic nitrogens is 2. The highest BCUT2D eigenvalue weighted by atomic mass is 32.1. The molecule has 3 aromatic rings. The number of aliphatic imine (C=N–C) groups is 1. The number of hydrogen-bond donors (Lipinski definition) is 3. The van der Waals surface area contributed by atoms with E-state index in [9.17, 15) is 14.7 Å². The Balaban J connectivity index is 1.31. The summed E-state index contributed by atoms with van der Waals surface area (Å²) in [6.07, 6.45) is 2.26. The number of ether oxygens (including phenoxy) is 1. The van der Waals surface area contributed by atoms with Crippen LogP contribution in [0.3, 0.4) is 0 Å². The van der Waals surface area contributed by atoms with Crippen LogP contribution in [0.2, 0.25) is 0 Å². The molecule has 43 heavy (non-hydrogen) atoms. The molecule has 2 aliphatic heterocycles. The SMILES string of the molecule is Cc1ncsc1-c1ccc(C2(C)NC(C3C[C@@H](O)CN3C(=O)C(c3cc(OCCCCCN)no3)C(C)C)=NC2=O)cc1. The number of nitrogens with zero attached hydrogens (tertiary/aromatic N) is 4. The molecule has 2 aromatic heterocycles. The van der Waals surface area contributed by atoms with E-state index in [-0.39, 0.29) is 30.7 Å². The summed E-state index contributed by atoms with van der Waals surface area (Å²) in [5.41, 5.74) is 9.01. The Labute approximate surface area is 255 Å². The number of carbonyl (C=O) groups is 2. The minimum Gasteiger partial charge on any atom is -0.476 e. The molecule has 0 bridgehead atoms. The van der Waals surface area contributed by atoms with Crippen molar-refractivity contribution in [2.24, 2.45) is 16.6 Å². The number of unbranched alkanes of at least 4 members (excludes halogenated alkanes) is 2. The fourth-order valence-corrected chi connectivity index (χ4v) is 6.57. The number of nitrogens with two attached hydrogens (primary N) is 1. The Bertz CT molecular complexity index is 1470.